The number of carbonyl (C=O) groups excluding carboxylic acids is 4. The molecule has 0 saturated heterocycles. The average molecular weight is 296 g/mol. The Morgan fingerprint density at radius 2 is 1.71 bits per heavy atom. The summed E-state index contributed by atoms with van der Waals surface area (Å²) in [6, 6.07) is 8.10. The van der Waals surface area contributed by atoms with Crippen molar-refractivity contribution in [3.63, 3.8) is 0 Å². The molecule has 8 nitrogen and oxygen atoms in total. The van der Waals surface area contributed by atoms with Gasteiger partial charge in [-0.25, -0.2) is 9.59 Å². The molecule has 0 heterocycles. The second-order valence-electron chi connectivity index (χ2n) is 3.48. The SMILES string of the molecule is CC(=O)OC(COC(=O)c1ccccc1)C(=O)O.O=C=O. The van der Waals surface area contributed by atoms with Crippen molar-refractivity contribution in [3.05, 3.63) is 35.9 Å². The fourth-order valence-electron chi connectivity index (χ4n) is 1.16. The fraction of sp³-hybridized carbons (Fsp3) is 0.231. The fourth-order valence-corrected chi connectivity index (χ4v) is 1.16. The first-order chi connectivity index (χ1) is 9.92. The Kier molecular flexibility index (Phi) is 8.47. The summed E-state index contributed by atoms with van der Waals surface area (Å²) in [5.41, 5.74) is 0.296. The van der Waals surface area contributed by atoms with Gasteiger partial charge in [0.2, 0.25) is 6.10 Å². The van der Waals surface area contributed by atoms with Gasteiger partial charge in [-0.1, -0.05) is 18.2 Å². The third-order valence-electron chi connectivity index (χ3n) is 1.96. The van der Waals surface area contributed by atoms with Crippen LogP contribution in [-0.4, -0.2) is 41.9 Å². The first kappa shape index (κ1) is 18.0. The van der Waals surface area contributed by atoms with E-state index in [1.807, 2.05) is 0 Å². The number of hydrogen-bond donors (Lipinski definition) is 1. The van der Waals surface area contributed by atoms with Gasteiger partial charge in [-0.2, -0.15) is 9.59 Å². The number of rotatable bonds is 5. The molecule has 1 atom stereocenters. The van der Waals surface area contributed by atoms with E-state index in [0.717, 1.165) is 6.92 Å². The minimum Gasteiger partial charge on any atom is -0.478 e. The van der Waals surface area contributed by atoms with E-state index in [1.165, 1.54) is 12.1 Å². The van der Waals surface area contributed by atoms with E-state index in [2.05, 4.69) is 4.74 Å². The molecule has 0 radical (unpaired) electrons. The maximum Gasteiger partial charge on any atom is 0.373 e. The van der Waals surface area contributed by atoms with Crippen molar-refractivity contribution >= 4 is 24.1 Å². The monoisotopic (exact) mass is 296 g/mol. The van der Waals surface area contributed by atoms with Gasteiger partial charge in [-0.3, -0.25) is 4.79 Å². The van der Waals surface area contributed by atoms with E-state index in [1.54, 1.807) is 18.2 Å². The summed E-state index contributed by atoms with van der Waals surface area (Å²) in [5.74, 6) is -2.79. The number of aliphatic carboxylic acids is 1. The average Bonchev–Trinajstić information content (AvgIpc) is 2.44. The lowest BCUT2D eigenvalue weighted by Crippen LogP contribution is -2.32. The molecule has 0 spiro atoms. The molecule has 0 aliphatic rings. The predicted octanol–water partition coefficient (Wildman–Crippen LogP) is 0.276. The number of carboxylic acid groups (broad SMARTS) is 1. The molecule has 1 rings (SSSR count). The molecule has 112 valence electrons. The molecule has 0 amide bonds. The van der Waals surface area contributed by atoms with Crippen LogP contribution in [0.1, 0.15) is 17.3 Å². The Bertz CT molecular complexity index is 516. The van der Waals surface area contributed by atoms with Crippen LogP contribution >= 0.6 is 0 Å². The van der Waals surface area contributed by atoms with Crippen molar-refractivity contribution in [2.75, 3.05) is 6.61 Å². The Balaban J connectivity index is 0.00000122. The van der Waals surface area contributed by atoms with Crippen LogP contribution in [-0.2, 0) is 28.7 Å². The van der Waals surface area contributed by atoms with Crippen LogP contribution in [0.25, 0.3) is 0 Å². The molecule has 0 aliphatic heterocycles. The minimum absolute atomic E-state index is 0.250. The third kappa shape index (κ3) is 7.91. The Morgan fingerprint density at radius 3 is 2.14 bits per heavy atom. The van der Waals surface area contributed by atoms with Crippen LogP contribution < -0.4 is 0 Å². The van der Waals surface area contributed by atoms with E-state index >= 15 is 0 Å². The van der Waals surface area contributed by atoms with E-state index in [0.29, 0.717) is 5.56 Å². The molecule has 1 aromatic carbocycles. The highest BCUT2D eigenvalue weighted by Gasteiger charge is 2.23. The number of esters is 2. The Hall–Kier alpha value is -2.99. The number of benzene rings is 1. The molecule has 0 saturated carbocycles. The first-order valence-corrected chi connectivity index (χ1v) is 5.53. The second kappa shape index (κ2) is 9.88. The van der Waals surface area contributed by atoms with Crippen LogP contribution in [0.15, 0.2) is 30.3 Å². The van der Waals surface area contributed by atoms with Gasteiger partial charge < -0.3 is 14.6 Å². The summed E-state index contributed by atoms with van der Waals surface area (Å²) in [4.78, 5) is 49.1. The zero-order valence-electron chi connectivity index (χ0n) is 11.0. The lowest BCUT2D eigenvalue weighted by molar-refractivity contribution is -0.191. The smallest absolute Gasteiger partial charge is 0.373 e. The van der Waals surface area contributed by atoms with Gasteiger partial charge in [-0.05, 0) is 12.1 Å². The van der Waals surface area contributed by atoms with Crippen molar-refractivity contribution < 1.29 is 38.6 Å². The van der Waals surface area contributed by atoms with Crippen LogP contribution in [0.5, 0.6) is 0 Å². The van der Waals surface area contributed by atoms with Gasteiger partial charge in [0.15, 0.2) is 0 Å². The quantitative estimate of drug-likeness (QED) is 0.768. The van der Waals surface area contributed by atoms with Gasteiger partial charge >= 0.3 is 24.1 Å². The molecule has 1 aromatic rings. The second-order valence-corrected chi connectivity index (χ2v) is 3.48. The summed E-state index contributed by atoms with van der Waals surface area (Å²) >= 11 is 0. The molecular formula is C13H12O8. The van der Waals surface area contributed by atoms with Crippen LogP contribution in [0, 0.1) is 0 Å². The molecule has 1 unspecified atom stereocenters. The number of ether oxygens (including phenoxy) is 2. The Labute approximate surface area is 119 Å². The van der Waals surface area contributed by atoms with Gasteiger partial charge in [0.1, 0.15) is 6.61 Å². The standard InChI is InChI=1S/C12H12O6.CO2/c1-8(13)18-10(11(14)15)7-17-12(16)9-5-3-2-4-6-9;2-1-3/h2-6,10H,7H2,1H3,(H,14,15);. The highest BCUT2D eigenvalue weighted by Crippen LogP contribution is 2.03. The van der Waals surface area contributed by atoms with Crippen LogP contribution in [0.2, 0.25) is 0 Å². The normalized spacial score (nSPS) is 10.1. The molecule has 21 heavy (non-hydrogen) atoms. The number of carbonyl (C=O) groups is 3. The zero-order chi connectivity index (χ0) is 16.3. The minimum atomic E-state index is -1.49. The molecule has 0 aliphatic carbocycles. The first-order valence-electron chi connectivity index (χ1n) is 5.53. The Morgan fingerprint density at radius 1 is 1.19 bits per heavy atom. The summed E-state index contributed by atoms with van der Waals surface area (Å²) in [6.45, 7) is 0.553. The van der Waals surface area contributed by atoms with Gasteiger partial charge in [0, 0.05) is 6.92 Å². The maximum absolute atomic E-state index is 11.5. The number of hydrogen-bond acceptors (Lipinski definition) is 7. The highest BCUT2D eigenvalue weighted by molar-refractivity contribution is 5.89. The zero-order valence-corrected chi connectivity index (χ0v) is 11.0. The van der Waals surface area contributed by atoms with Crippen LogP contribution in [0.4, 0.5) is 0 Å². The molecular weight excluding hydrogens is 284 g/mol. The molecule has 1 N–H and O–H groups in total. The topological polar surface area (TPSA) is 124 Å². The molecule has 0 fully saturated rings. The molecule has 0 aromatic heterocycles. The van der Waals surface area contributed by atoms with Crippen molar-refractivity contribution in [1.29, 1.82) is 0 Å². The van der Waals surface area contributed by atoms with Gasteiger partial charge in [-0.15, -0.1) is 0 Å². The van der Waals surface area contributed by atoms with E-state index < -0.39 is 30.6 Å². The lowest BCUT2D eigenvalue weighted by Gasteiger charge is -2.12. The summed E-state index contributed by atoms with van der Waals surface area (Å²) in [6.07, 6.45) is -1.24. The third-order valence-corrected chi connectivity index (χ3v) is 1.96. The lowest BCUT2D eigenvalue weighted by atomic mass is 10.2. The van der Waals surface area contributed by atoms with E-state index in [9.17, 15) is 14.4 Å². The van der Waals surface area contributed by atoms with E-state index in [4.69, 9.17) is 19.4 Å². The summed E-state index contributed by atoms with van der Waals surface area (Å²) in [7, 11) is 0. The van der Waals surface area contributed by atoms with E-state index in [-0.39, 0.29) is 6.15 Å². The maximum atomic E-state index is 11.5. The van der Waals surface area contributed by atoms with Crippen molar-refractivity contribution in [3.8, 4) is 0 Å². The molecule has 0 bridgehead atoms. The highest BCUT2D eigenvalue weighted by atomic mass is 16.6. The predicted molar refractivity (Wildman–Crippen MR) is 64.9 cm³/mol. The largest absolute Gasteiger partial charge is 0.478 e. The van der Waals surface area contributed by atoms with Crippen molar-refractivity contribution in [1.82, 2.24) is 0 Å². The van der Waals surface area contributed by atoms with Gasteiger partial charge in [0.25, 0.3) is 0 Å². The van der Waals surface area contributed by atoms with Gasteiger partial charge in [0.05, 0.1) is 5.56 Å². The summed E-state index contributed by atoms with van der Waals surface area (Å²) in [5, 5.41) is 8.74. The number of carboxylic acids is 1. The van der Waals surface area contributed by atoms with Crippen LogP contribution in [0.3, 0.4) is 0 Å². The molecule has 8 heteroatoms. The van der Waals surface area contributed by atoms with Crippen molar-refractivity contribution in [2.45, 2.75) is 13.0 Å². The van der Waals surface area contributed by atoms with Crippen molar-refractivity contribution in [2.24, 2.45) is 0 Å². The summed E-state index contributed by atoms with van der Waals surface area (Å²) < 4.78 is 9.24.